The summed E-state index contributed by atoms with van der Waals surface area (Å²) in [6.07, 6.45) is -4.52. The Morgan fingerprint density at radius 3 is 2.71 bits per heavy atom. The van der Waals surface area contributed by atoms with Crippen LogP contribution in [0.2, 0.25) is 0 Å². The summed E-state index contributed by atoms with van der Waals surface area (Å²) in [6, 6.07) is 0.876. The van der Waals surface area contributed by atoms with E-state index in [1.165, 1.54) is 7.11 Å². The fraction of sp³-hybridized carbons (Fsp3) is 0.500. The number of nitrogen functional groups attached to an aromatic ring is 1. The summed E-state index contributed by atoms with van der Waals surface area (Å²) in [5, 5.41) is 0.192. The minimum absolute atomic E-state index is 0.192. The quantitative estimate of drug-likeness (QED) is 0.277. The fourth-order valence-electron chi connectivity index (χ4n) is 0.938. The van der Waals surface area contributed by atoms with Crippen LogP contribution < -0.4 is 11.3 Å². The molecule has 1 rings (SSSR count). The van der Waals surface area contributed by atoms with Crippen molar-refractivity contribution in [2.75, 3.05) is 24.9 Å². The van der Waals surface area contributed by atoms with Crippen LogP contribution in [0.25, 0.3) is 0 Å². The molecule has 0 atom stereocenters. The number of rotatable bonds is 5. The van der Waals surface area contributed by atoms with E-state index in [1.54, 1.807) is 0 Å². The van der Waals surface area contributed by atoms with E-state index in [1.807, 2.05) is 5.43 Å². The maximum Gasteiger partial charge on any atom is 0.433 e. The largest absolute Gasteiger partial charge is 0.433 e. The number of ether oxygens (including phenoxy) is 1. The smallest absolute Gasteiger partial charge is 0.384 e. The van der Waals surface area contributed by atoms with Crippen molar-refractivity contribution < 1.29 is 17.9 Å². The van der Waals surface area contributed by atoms with Crippen LogP contribution in [0.5, 0.6) is 0 Å². The van der Waals surface area contributed by atoms with Crippen molar-refractivity contribution in [2.45, 2.75) is 11.2 Å². The molecule has 9 heteroatoms. The van der Waals surface area contributed by atoms with Gasteiger partial charge in [-0.2, -0.15) is 13.2 Å². The van der Waals surface area contributed by atoms with E-state index in [0.29, 0.717) is 12.4 Å². The summed E-state index contributed by atoms with van der Waals surface area (Å²) in [6.45, 7) is 0.418. The lowest BCUT2D eigenvalue weighted by atomic mass is 10.4. The number of aromatic nitrogens is 2. The fourth-order valence-corrected chi connectivity index (χ4v) is 1.74. The van der Waals surface area contributed by atoms with Gasteiger partial charge in [0.25, 0.3) is 0 Å². The predicted molar refractivity (Wildman–Crippen MR) is 57.4 cm³/mol. The van der Waals surface area contributed by atoms with Gasteiger partial charge in [-0.1, -0.05) is 0 Å². The molecule has 0 fully saturated rings. The zero-order valence-electron chi connectivity index (χ0n) is 8.91. The number of anilines is 1. The van der Waals surface area contributed by atoms with Gasteiger partial charge < -0.3 is 4.74 Å². The Morgan fingerprint density at radius 1 is 1.47 bits per heavy atom. The summed E-state index contributed by atoms with van der Waals surface area (Å²) >= 11 is 1.13. The Bertz CT molecular complexity index is 374. The average Bonchev–Trinajstić information content (AvgIpc) is 2.28. The van der Waals surface area contributed by atoms with Gasteiger partial charge in [0, 0.05) is 18.9 Å². The zero-order chi connectivity index (χ0) is 12.9. The molecule has 0 aliphatic rings. The van der Waals surface area contributed by atoms with Crippen LogP contribution in [0.4, 0.5) is 19.1 Å². The highest BCUT2D eigenvalue weighted by Crippen LogP contribution is 2.30. The molecule has 17 heavy (non-hydrogen) atoms. The molecule has 0 saturated heterocycles. The number of nitrogens with two attached hydrogens (primary N) is 1. The Labute approximate surface area is 99.9 Å². The van der Waals surface area contributed by atoms with Crippen LogP contribution in [0.1, 0.15) is 5.69 Å². The summed E-state index contributed by atoms with van der Waals surface area (Å²) in [7, 11) is 1.51. The Kier molecular flexibility index (Phi) is 4.97. The van der Waals surface area contributed by atoms with Crippen molar-refractivity contribution in [1.29, 1.82) is 0 Å². The molecule has 0 bridgehead atoms. The third kappa shape index (κ3) is 4.36. The number of nitrogens with one attached hydrogen (secondary N) is 1. The molecule has 0 spiro atoms. The SMILES string of the molecule is COCCSc1cc(C(F)(F)F)nc(NN)n1. The standard InChI is InChI=1S/C8H11F3N4OS/c1-16-2-3-17-6-4-5(8(9,10)11)13-7(14-6)15-12/h4H,2-3,12H2,1H3,(H,13,14,15). The molecule has 0 aliphatic carbocycles. The van der Waals surface area contributed by atoms with Gasteiger partial charge in [0.15, 0.2) is 5.69 Å². The molecule has 1 heterocycles. The number of nitrogens with zero attached hydrogens (tertiary/aromatic N) is 2. The van der Waals surface area contributed by atoms with Crippen LogP contribution in [-0.2, 0) is 10.9 Å². The van der Waals surface area contributed by atoms with Gasteiger partial charge in [0.2, 0.25) is 5.95 Å². The molecule has 0 unspecified atom stereocenters. The number of hydrogen-bond acceptors (Lipinski definition) is 6. The second-order valence-electron chi connectivity index (χ2n) is 2.90. The van der Waals surface area contributed by atoms with E-state index in [4.69, 9.17) is 10.6 Å². The van der Waals surface area contributed by atoms with Crippen molar-refractivity contribution in [3.63, 3.8) is 0 Å². The van der Waals surface area contributed by atoms with Crippen LogP contribution in [0, 0.1) is 0 Å². The van der Waals surface area contributed by atoms with Crippen LogP contribution in [-0.4, -0.2) is 29.4 Å². The average molecular weight is 268 g/mol. The van der Waals surface area contributed by atoms with Crippen molar-refractivity contribution >= 4 is 17.7 Å². The highest BCUT2D eigenvalue weighted by atomic mass is 32.2. The number of methoxy groups -OCH3 is 1. The number of hydrogen-bond donors (Lipinski definition) is 2. The highest BCUT2D eigenvalue weighted by Gasteiger charge is 2.33. The van der Waals surface area contributed by atoms with Gasteiger partial charge in [-0.3, -0.25) is 5.43 Å². The number of halogens is 3. The minimum Gasteiger partial charge on any atom is -0.384 e. The number of alkyl halides is 3. The summed E-state index contributed by atoms with van der Waals surface area (Å²) < 4.78 is 42.2. The highest BCUT2D eigenvalue weighted by molar-refractivity contribution is 7.99. The third-order valence-electron chi connectivity index (χ3n) is 1.66. The molecule has 0 radical (unpaired) electrons. The minimum atomic E-state index is -4.52. The first-order valence-corrected chi connectivity index (χ1v) is 5.50. The predicted octanol–water partition coefficient (Wildman–Crippen LogP) is 1.52. The van der Waals surface area contributed by atoms with E-state index in [2.05, 4.69) is 9.97 Å². The lowest BCUT2D eigenvalue weighted by Gasteiger charge is -2.09. The number of hydrazine groups is 1. The van der Waals surface area contributed by atoms with Gasteiger partial charge in [-0.15, -0.1) is 11.8 Å². The number of thioether (sulfide) groups is 1. The molecule has 96 valence electrons. The van der Waals surface area contributed by atoms with Crippen molar-refractivity contribution in [1.82, 2.24) is 9.97 Å². The molecule has 0 amide bonds. The molecular formula is C8H11F3N4OS. The Morgan fingerprint density at radius 2 is 2.18 bits per heavy atom. The second-order valence-corrected chi connectivity index (χ2v) is 4.01. The first-order valence-electron chi connectivity index (χ1n) is 4.52. The normalized spacial score (nSPS) is 11.6. The molecule has 5 nitrogen and oxygen atoms in total. The first-order chi connectivity index (χ1) is 7.97. The van der Waals surface area contributed by atoms with E-state index < -0.39 is 11.9 Å². The van der Waals surface area contributed by atoms with Crippen LogP contribution in [0.3, 0.4) is 0 Å². The lowest BCUT2D eigenvalue weighted by molar-refractivity contribution is -0.141. The third-order valence-corrected chi connectivity index (χ3v) is 2.54. The van der Waals surface area contributed by atoms with Crippen LogP contribution in [0.15, 0.2) is 11.1 Å². The van der Waals surface area contributed by atoms with Gasteiger partial charge in [0.05, 0.1) is 6.61 Å². The Hall–Kier alpha value is -1.06. The van der Waals surface area contributed by atoms with Gasteiger partial charge in [0.1, 0.15) is 5.03 Å². The van der Waals surface area contributed by atoms with E-state index in [9.17, 15) is 13.2 Å². The Balaban J connectivity index is 2.89. The van der Waals surface area contributed by atoms with E-state index in [0.717, 1.165) is 17.8 Å². The molecule has 0 saturated carbocycles. The molecule has 3 N–H and O–H groups in total. The molecular weight excluding hydrogens is 257 g/mol. The van der Waals surface area contributed by atoms with Gasteiger partial charge >= 0.3 is 6.18 Å². The lowest BCUT2D eigenvalue weighted by Crippen LogP contribution is -2.15. The zero-order valence-corrected chi connectivity index (χ0v) is 9.73. The maximum atomic E-state index is 12.5. The maximum absolute atomic E-state index is 12.5. The summed E-state index contributed by atoms with van der Waals surface area (Å²) in [5.74, 6) is 5.24. The first kappa shape index (κ1) is 14.0. The molecule has 1 aromatic rings. The molecule has 0 aromatic carbocycles. The topological polar surface area (TPSA) is 73.1 Å². The van der Waals surface area contributed by atoms with Crippen molar-refractivity contribution in [3.8, 4) is 0 Å². The van der Waals surface area contributed by atoms with Gasteiger partial charge in [-0.05, 0) is 0 Å². The van der Waals surface area contributed by atoms with Crippen molar-refractivity contribution in [3.05, 3.63) is 11.8 Å². The van der Waals surface area contributed by atoms with E-state index >= 15 is 0 Å². The molecule has 1 aromatic heterocycles. The molecule has 0 aliphatic heterocycles. The summed E-state index contributed by atoms with van der Waals surface area (Å²) in [4.78, 5) is 7.03. The summed E-state index contributed by atoms with van der Waals surface area (Å²) in [5.41, 5.74) is 0.976. The second kappa shape index (κ2) is 6.03. The van der Waals surface area contributed by atoms with E-state index in [-0.39, 0.29) is 11.0 Å². The monoisotopic (exact) mass is 268 g/mol. The van der Waals surface area contributed by atoms with Crippen LogP contribution >= 0.6 is 11.8 Å². The van der Waals surface area contributed by atoms with Gasteiger partial charge in [-0.25, -0.2) is 15.8 Å². The van der Waals surface area contributed by atoms with Crippen molar-refractivity contribution in [2.24, 2.45) is 5.84 Å².